The Morgan fingerprint density at radius 2 is 2.21 bits per heavy atom. The molecule has 0 amide bonds. The van der Waals surface area contributed by atoms with Gasteiger partial charge < -0.3 is 0 Å². The number of pyridine rings is 1. The topological polar surface area (TPSA) is 47.0 Å². The molecule has 0 N–H and O–H groups in total. The SMILES string of the molecule is CS(=O)(=O)CCSc1cccc(Br)n1. The number of hydrogen-bond donors (Lipinski definition) is 0. The van der Waals surface area contributed by atoms with E-state index in [1.165, 1.54) is 18.0 Å². The Labute approximate surface area is 96.4 Å². The van der Waals surface area contributed by atoms with Crippen molar-refractivity contribution in [2.24, 2.45) is 0 Å². The van der Waals surface area contributed by atoms with Gasteiger partial charge >= 0.3 is 0 Å². The van der Waals surface area contributed by atoms with Crippen molar-refractivity contribution in [3.63, 3.8) is 0 Å². The molecule has 0 atom stereocenters. The average Bonchev–Trinajstić information content (AvgIpc) is 2.01. The lowest BCUT2D eigenvalue weighted by atomic mass is 10.5. The van der Waals surface area contributed by atoms with E-state index < -0.39 is 9.84 Å². The molecule has 0 saturated carbocycles. The average molecular weight is 296 g/mol. The molecule has 1 rings (SSSR count). The summed E-state index contributed by atoms with van der Waals surface area (Å²) in [5.41, 5.74) is 0. The lowest BCUT2D eigenvalue weighted by Gasteiger charge is -1.99. The molecule has 6 heteroatoms. The van der Waals surface area contributed by atoms with Crippen LogP contribution in [-0.2, 0) is 9.84 Å². The molecule has 0 fully saturated rings. The summed E-state index contributed by atoms with van der Waals surface area (Å²) in [6.07, 6.45) is 1.24. The second kappa shape index (κ2) is 5.14. The molecule has 0 saturated heterocycles. The fourth-order valence-corrected chi connectivity index (χ4v) is 3.32. The van der Waals surface area contributed by atoms with Crippen LogP contribution < -0.4 is 0 Å². The molecule has 1 aromatic heterocycles. The number of halogens is 1. The molecule has 0 radical (unpaired) electrons. The fourth-order valence-electron chi connectivity index (χ4n) is 0.768. The summed E-state index contributed by atoms with van der Waals surface area (Å²) in [6, 6.07) is 5.57. The minimum absolute atomic E-state index is 0.186. The van der Waals surface area contributed by atoms with Crippen LogP contribution in [-0.4, -0.2) is 31.2 Å². The number of hydrogen-bond acceptors (Lipinski definition) is 4. The first kappa shape index (κ1) is 12.0. The highest BCUT2D eigenvalue weighted by atomic mass is 79.9. The summed E-state index contributed by atoms with van der Waals surface area (Å²) in [4.78, 5) is 4.18. The monoisotopic (exact) mass is 295 g/mol. The van der Waals surface area contributed by atoms with Crippen LogP contribution in [0, 0.1) is 0 Å². The molecule has 0 unspecified atom stereocenters. The van der Waals surface area contributed by atoms with Gasteiger partial charge in [0.1, 0.15) is 14.4 Å². The molecule has 1 aromatic rings. The minimum atomic E-state index is -2.86. The van der Waals surface area contributed by atoms with Gasteiger partial charge in [-0.15, -0.1) is 11.8 Å². The number of thioether (sulfide) groups is 1. The van der Waals surface area contributed by atoms with E-state index in [2.05, 4.69) is 20.9 Å². The molecule has 0 aliphatic carbocycles. The summed E-state index contributed by atoms with van der Waals surface area (Å²) in [5.74, 6) is 0.730. The number of sulfone groups is 1. The molecule has 0 spiro atoms. The van der Waals surface area contributed by atoms with Gasteiger partial charge in [-0.3, -0.25) is 0 Å². The summed E-state index contributed by atoms with van der Waals surface area (Å²) >= 11 is 4.69. The zero-order chi connectivity index (χ0) is 10.6. The van der Waals surface area contributed by atoms with Crippen molar-refractivity contribution in [1.29, 1.82) is 0 Å². The molecule has 1 heterocycles. The van der Waals surface area contributed by atoms with E-state index in [9.17, 15) is 8.42 Å². The minimum Gasteiger partial charge on any atom is -0.235 e. The summed E-state index contributed by atoms with van der Waals surface area (Å²) in [5, 5.41) is 0.836. The van der Waals surface area contributed by atoms with E-state index in [4.69, 9.17) is 0 Å². The van der Waals surface area contributed by atoms with Crippen LogP contribution >= 0.6 is 27.7 Å². The van der Waals surface area contributed by atoms with Gasteiger partial charge in [0.15, 0.2) is 0 Å². The second-order valence-corrected chi connectivity index (χ2v) is 6.96. The predicted octanol–water partition coefficient (Wildman–Crippen LogP) is 1.98. The summed E-state index contributed by atoms with van der Waals surface area (Å²) in [7, 11) is -2.86. The molecule has 3 nitrogen and oxygen atoms in total. The third-order valence-electron chi connectivity index (χ3n) is 1.39. The number of nitrogens with zero attached hydrogens (tertiary/aromatic N) is 1. The Hall–Kier alpha value is -0.0700. The van der Waals surface area contributed by atoms with Crippen molar-refractivity contribution in [3.05, 3.63) is 22.8 Å². The molecule has 14 heavy (non-hydrogen) atoms. The van der Waals surface area contributed by atoms with Gasteiger partial charge in [0.2, 0.25) is 0 Å². The first-order valence-corrected chi connectivity index (χ1v) is 7.74. The van der Waals surface area contributed by atoms with Crippen LogP contribution in [0.25, 0.3) is 0 Å². The van der Waals surface area contributed by atoms with Crippen LogP contribution in [0.4, 0.5) is 0 Å². The first-order valence-electron chi connectivity index (χ1n) is 3.90. The zero-order valence-corrected chi connectivity index (χ0v) is 10.8. The van der Waals surface area contributed by atoms with Crippen molar-refractivity contribution in [2.45, 2.75) is 5.03 Å². The summed E-state index contributed by atoms with van der Waals surface area (Å²) < 4.78 is 22.5. The van der Waals surface area contributed by atoms with Crippen molar-refractivity contribution in [2.75, 3.05) is 17.8 Å². The Balaban J connectivity index is 2.47. The standard InChI is InChI=1S/C8H10BrNO2S2/c1-14(11,12)6-5-13-8-4-2-3-7(9)10-8/h2-4H,5-6H2,1H3. The highest BCUT2D eigenvalue weighted by Gasteiger charge is 2.03. The zero-order valence-electron chi connectivity index (χ0n) is 7.60. The first-order chi connectivity index (χ1) is 6.47. The highest BCUT2D eigenvalue weighted by molar-refractivity contribution is 9.10. The molecular weight excluding hydrogens is 286 g/mol. The largest absolute Gasteiger partial charge is 0.235 e. The van der Waals surface area contributed by atoms with E-state index in [-0.39, 0.29) is 5.75 Å². The van der Waals surface area contributed by atoms with E-state index in [0.29, 0.717) is 5.75 Å². The van der Waals surface area contributed by atoms with E-state index in [1.54, 1.807) is 0 Å². The van der Waals surface area contributed by atoms with Crippen molar-refractivity contribution in [3.8, 4) is 0 Å². The molecule has 0 aliphatic rings. The van der Waals surface area contributed by atoms with Gasteiger partial charge in [0, 0.05) is 12.0 Å². The normalized spacial score (nSPS) is 11.6. The van der Waals surface area contributed by atoms with E-state index in [0.717, 1.165) is 9.63 Å². The van der Waals surface area contributed by atoms with Gasteiger partial charge in [-0.25, -0.2) is 13.4 Å². The van der Waals surface area contributed by atoms with Crippen molar-refractivity contribution >= 4 is 37.5 Å². The quantitative estimate of drug-likeness (QED) is 0.629. The van der Waals surface area contributed by atoms with E-state index in [1.807, 2.05) is 18.2 Å². The molecule has 0 aliphatic heterocycles. The highest BCUT2D eigenvalue weighted by Crippen LogP contribution is 2.17. The second-order valence-electron chi connectivity index (χ2n) is 2.78. The van der Waals surface area contributed by atoms with Gasteiger partial charge in [-0.05, 0) is 28.1 Å². The maximum atomic E-state index is 10.8. The molecule has 0 bridgehead atoms. The van der Waals surface area contributed by atoms with Crippen LogP contribution in [0.2, 0.25) is 0 Å². The van der Waals surface area contributed by atoms with Crippen molar-refractivity contribution in [1.82, 2.24) is 4.98 Å². The molecule has 78 valence electrons. The fraction of sp³-hybridized carbons (Fsp3) is 0.375. The Kier molecular flexibility index (Phi) is 4.40. The smallest absolute Gasteiger partial charge is 0.148 e. The van der Waals surface area contributed by atoms with Gasteiger partial charge in [-0.1, -0.05) is 6.07 Å². The van der Waals surface area contributed by atoms with Crippen LogP contribution in [0.15, 0.2) is 27.8 Å². The Bertz CT molecular complexity index is 406. The van der Waals surface area contributed by atoms with Gasteiger partial charge in [0.25, 0.3) is 0 Å². The van der Waals surface area contributed by atoms with Gasteiger partial charge in [0.05, 0.1) is 10.8 Å². The maximum absolute atomic E-state index is 10.8. The van der Waals surface area contributed by atoms with Gasteiger partial charge in [-0.2, -0.15) is 0 Å². The Morgan fingerprint density at radius 1 is 1.50 bits per heavy atom. The predicted molar refractivity (Wildman–Crippen MR) is 62.4 cm³/mol. The van der Waals surface area contributed by atoms with E-state index >= 15 is 0 Å². The maximum Gasteiger partial charge on any atom is 0.148 e. The third kappa shape index (κ3) is 4.97. The summed E-state index contributed by atoms with van der Waals surface area (Å²) in [6.45, 7) is 0. The number of aromatic nitrogens is 1. The third-order valence-corrected chi connectivity index (χ3v) is 3.97. The van der Waals surface area contributed by atoms with Crippen LogP contribution in [0.3, 0.4) is 0 Å². The van der Waals surface area contributed by atoms with Crippen LogP contribution in [0.1, 0.15) is 0 Å². The van der Waals surface area contributed by atoms with Crippen LogP contribution in [0.5, 0.6) is 0 Å². The van der Waals surface area contributed by atoms with Crippen molar-refractivity contribution < 1.29 is 8.42 Å². The number of rotatable bonds is 4. The Morgan fingerprint density at radius 3 is 2.79 bits per heavy atom. The lowest BCUT2D eigenvalue weighted by Crippen LogP contribution is -2.05. The molecule has 0 aromatic carbocycles. The molecular formula is C8H10BrNO2S2. The lowest BCUT2D eigenvalue weighted by molar-refractivity contribution is 0.603.